The second kappa shape index (κ2) is 7.04. The number of hydrogen-bond donors (Lipinski definition) is 6. The van der Waals surface area contributed by atoms with E-state index in [-0.39, 0.29) is 18.9 Å². The molecule has 9 heteroatoms. The Labute approximate surface area is 68.8 Å². The van der Waals surface area contributed by atoms with E-state index in [1.807, 2.05) is 0 Å². The molecule has 0 aliphatic heterocycles. The van der Waals surface area contributed by atoms with Crippen LogP contribution in [0.1, 0.15) is 0 Å². The van der Waals surface area contributed by atoms with E-state index < -0.39 is 15.2 Å². The zero-order valence-corrected chi connectivity index (χ0v) is 5.09. The van der Waals surface area contributed by atoms with Crippen molar-refractivity contribution in [3.63, 3.8) is 0 Å². The van der Waals surface area contributed by atoms with Crippen molar-refractivity contribution in [2.45, 2.75) is 0 Å². The van der Waals surface area contributed by atoms with Crippen LogP contribution in [0.3, 0.4) is 0 Å². The van der Waals surface area contributed by atoms with Gasteiger partial charge in [0.05, 0.1) is 0 Å². The Morgan fingerprint density at radius 1 is 1.00 bits per heavy atom. The molecular formula is CH7LiO7Si. The van der Waals surface area contributed by atoms with Crippen LogP contribution in [0.5, 0.6) is 0 Å². The van der Waals surface area contributed by atoms with E-state index in [4.69, 9.17) is 34.2 Å². The SMILES string of the molecule is O=C(O)O.O[Si](O)(O)O.[LiH]. The number of hydrogen-bond acceptors (Lipinski definition) is 5. The molecule has 0 saturated carbocycles. The van der Waals surface area contributed by atoms with Crippen LogP contribution < -0.4 is 0 Å². The van der Waals surface area contributed by atoms with E-state index in [9.17, 15) is 0 Å². The summed E-state index contributed by atoms with van der Waals surface area (Å²) < 4.78 is 0. The van der Waals surface area contributed by atoms with E-state index in [1.165, 1.54) is 0 Å². The normalized spacial score (nSPS) is 8.40. The molecule has 0 aromatic rings. The minimum atomic E-state index is -4.61. The summed E-state index contributed by atoms with van der Waals surface area (Å²) in [7, 11) is -4.61. The third kappa shape index (κ3) is 66300. The molecule has 0 aliphatic rings. The fourth-order valence-corrected chi connectivity index (χ4v) is 0. The van der Waals surface area contributed by atoms with Crippen molar-refractivity contribution in [1.82, 2.24) is 0 Å². The summed E-state index contributed by atoms with van der Waals surface area (Å²) in [5.74, 6) is 0. The zero-order valence-electron chi connectivity index (χ0n) is 4.09. The van der Waals surface area contributed by atoms with E-state index in [0.717, 1.165) is 0 Å². The summed E-state index contributed by atoms with van der Waals surface area (Å²) in [5, 5.41) is 13.9. The van der Waals surface area contributed by atoms with Gasteiger partial charge in [-0.05, 0) is 0 Å². The van der Waals surface area contributed by atoms with Gasteiger partial charge in [0.1, 0.15) is 0 Å². The molecule has 10 heavy (non-hydrogen) atoms. The molecule has 0 bridgehead atoms. The van der Waals surface area contributed by atoms with Crippen molar-refractivity contribution >= 4 is 34.1 Å². The van der Waals surface area contributed by atoms with Crippen LogP contribution in [0.4, 0.5) is 4.79 Å². The Kier molecular flexibility index (Phi) is 11.6. The monoisotopic (exact) mass is 166 g/mol. The van der Waals surface area contributed by atoms with Crippen LogP contribution in [-0.2, 0) is 0 Å². The van der Waals surface area contributed by atoms with E-state index in [1.54, 1.807) is 0 Å². The average Bonchev–Trinajstić information content (AvgIpc) is 1.19. The van der Waals surface area contributed by atoms with E-state index >= 15 is 0 Å². The molecule has 0 aromatic heterocycles. The molecule has 0 radical (unpaired) electrons. The molecule has 0 saturated heterocycles. The fourth-order valence-electron chi connectivity index (χ4n) is 0. The molecule has 0 aromatic carbocycles. The van der Waals surface area contributed by atoms with Gasteiger partial charge in [-0.15, -0.1) is 0 Å². The summed E-state index contributed by atoms with van der Waals surface area (Å²) in [4.78, 5) is 37.9. The maximum atomic E-state index is 8.56. The fraction of sp³-hybridized carbons (Fsp3) is 0. The second-order valence-electron chi connectivity index (χ2n) is 0.883. The Morgan fingerprint density at radius 2 is 1.00 bits per heavy atom. The predicted molar refractivity (Wildman–Crippen MR) is 32.4 cm³/mol. The molecule has 0 aliphatic carbocycles. The Morgan fingerprint density at radius 3 is 1.00 bits per heavy atom. The second-order valence-corrected chi connectivity index (χ2v) is 2.08. The predicted octanol–water partition coefficient (Wildman–Crippen LogP) is -3.03. The van der Waals surface area contributed by atoms with E-state index in [2.05, 4.69) is 0 Å². The Bertz CT molecular complexity index is 76.1. The molecular weight excluding hydrogens is 159 g/mol. The van der Waals surface area contributed by atoms with Crippen LogP contribution in [0.15, 0.2) is 0 Å². The van der Waals surface area contributed by atoms with Gasteiger partial charge in [-0.2, -0.15) is 0 Å². The Balaban J connectivity index is -0.0000000910. The number of carbonyl (C=O) groups is 1. The first-order valence-electron chi connectivity index (χ1n) is 1.55. The standard InChI is InChI=1S/CH2O3.Li.H4O4Si.H/c2-1(3)4;;1-5(2,3)4;/h(H2,2,3,4);;1-4H;. The average molecular weight is 166 g/mol. The molecule has 0 heterocycles. The van der Waals surface area contributed by atoms with Gasteiger partial charge in [0, 0.05) is 0 Å². The van der Waals surface area contributed by atoms with Crippen LogP contribution in [0.2, 0.25) is 0 Å². The summed E-state index contributed by atoms with van der Waals surface area (Å²) >= 11 is 0. The van der Waals surface area contributed by atoms with Crippen molar-refractivity contribution in [1.29, 1.82) is 0 Å². The van der Waals surface area contributed by atoms with Gasteiger partial charge >= 0.3 is 34.1 Å². The molecule has 58 valence electrons. The molecule has 0 atom stereocenters. The van der Waals surface area contributed by atoms with Crippen LogP contribution >= 0.6 is 0 Å². The molecule has 6 N–H and O–H groups in total. The minimum absolute atomic E-state index is 0. The van der Waals surface area contributed by atoms with Gasteiger partial charge in [-0.1, -0.05) is 0 Å². The van der Waals surface area contributed by atoms with Gasteiger partial charge in [-0.25, -0.2) is 4.79 Å². The van der Waals surface area contributed by atoms with Gasteiger partial charge in [0.2, 0.25) is 0 Å². The van der Waals surface area contributed by atoms with E-state index in [0.29, 0.717) is 0 Å². The van der Waals surface area contributed by atoms with Gasteiger partial charge in [0.15, 0.2) is 0 Å². The van der Waals surface area contributed by atoms with Crippen molar-refractivity contribution in [2.24, 2.45) is 0 Å². The number of rotatable bonds is 0. The van der Waals surface area contributed by atoms with Crippen molar-refractivity contribution in [2.75, 3.05) is 0 Å². The zero-order chi connectivity index (χ0) is 8.08. The first-order chi connectivity index (χ1) is 3.73. The summed E-state index contributed by atoms with van der Waals surface area (Å²) in [6.45, 7) is 0. The maximum absolute atomic E-state index is 8.56. The van der Waals surface area contributed by atoms with Crippen molar-refractivity contribution in [3.8, 4) is 0 Å². The summed E-state index contributed by atoms with van der Waals surface area (Å²) in [6.07, 6.45) is -1.83. The van der Waals surface area contributed by atoms with Crippen molar-refractivity contribution < 1.29 is 34.2 Å². The molecule has 0 spiro atoms. The van der Waals surface area contributed by atoms with Crippen LogP contribution in [-0.4, -0.2) is 63.5 Å². The third-order valence-electron chi connectivity index (χ3n) is 0. The topological polar surface area (TPSA) is 138 Å². The van der Waals surface area contributed by atoms with Gasteiger partial charge in [-0.3, -0.25) is 0 Å². The molecule has 0 amide bonds. The Hall–Kier alpha value is -0.0757. The number of carboxylic acid groups (broad SMARTS) is 2. The summed E-state index contributed by atoms with van der Waals surface area (Å²) in [6, 6.07) is 0. The summed E-state index contributed by atoms with van der Waals surface area (Å²) in [5.41, 5.74) is 0. The molecule has 0 fully saturated rings. The van der Waals surface area contributed by atoms with Gasteiger partial charge < -0.3 is 29.4 Å². The van der Waals surface area contributed by atoms with Crippen LogP contribution in [0.25, 0.3) is 0 Å². The van der Waals surface area contributed by atoms with Crippen LogP contribution in [0, 0.1) is 0 Å². The van der Waals surface area contributed by atoms with Crippen molar-refractivity contribution in [3.05, 3.63) is 0 Å². The van der Waals surface area contributed by atoms with Gasteiger partial charge in [0.25, 0.3) is 0 Å². The quantitative estimate of drug-likeness (QED) is 0.210. The molecule has 0 rings (SSSR count). The molecule has 7 nitrogen and oxygen atoms in total. The first-order valence-corrected chi connectivity index (χ1v) is 3.33. The molecule has 0 unspecified atom stereocenters. The first kappa shape index (κ1) is 16.5. The third-order valence-corrected chi connectivity index (χ3v) is 0.